The molecule has 0 atom stereocenters. The molecular formula is C20H24N4O4. The lowest BCUT2D eigenvalue weighted by Crippen LogP contribution is -2.33. The number of carbonyl (C=O) groups is 1. The van der Waals surface area contributed by atoms with Gasteiger partial charge in [0.1, 0.15) is 6.54 Å². The second-order valence-electron chi connectivity index (χ2n) is 6.64. The van der Waals surface area contributed by atoms with Gasteiger partial charge in [-0.25, -0.2) is 0 Å². The Bertz CT molecular complexity index is 1080. The summed E-state index contributed by atoms with van der Waals surface area (Å²) in [6.45, 7) is 2.35. The molecule has 0 spiro atoms. The lowest BCUT2D eigenvalue weighted by atomic mass is 10.1. The first-order valence-electron chi connectivity index (χ1n) is 8.83. The number of nitrogens with zero attached hydrogens (tertiary/aromatic N) is 4. The summed E-state index contributed by atoms with van der Waals surface area (Å²) in [6, 6.07) is 5.13. The van der Waals surface area contributed by atoms with Crippen LogP contribution in [-0.2, 0) is 24.9 Å². The Kier molecular flexibility index (Phi) is 5.39. The molecule has 0 aliphatic rings. The minimum Gasteiger partial charge on any atom is -0.493 e. The van der Waals surface area contributed by atoms with E-state index in [4.69, 9.17) is 9.47 Å². The van der Waals surface area contributed by atoms with Crippen molar-refractivity contribution in [1.82, 2.24) is 19.2 Å². The number of benzene rings is 1. The molecule has 28 heavy (non-hydrogen) atoms. The molecule has 8 heteroatoms. The van der Waals surface area contributed by atoms with Crippen LogP contribution < -0.4 is 15.0 Å². The van der Waals surface area contributed by atoms with Gasteiger partial charge in [-0.05, 0) is 25.1 Å². The average molecular weight is 384 g/mol. The highest BCUT2D eigenvalue weighted by Crippen LogP contribution is 2.33. The maximum atomic E-state index is 12.9. The number of rotatable bonds is 6. The summed E-state index contributed by atoms with van der Waals surface area (Å²) in [6.07, 6.45) is 3.36. The van der Waals surface area contributed by atoms with Gasteiger partial charge in [0.25, 0.3) is 5.56 Å². The summed E-state index contributed by atoms with van der Waals surface area (Å²) in [7, 11) is 6.65. The fourth-order valence-electron chi connectivity index (χ4n) is 3.12. The van der Waals surface area contributed by atoms with Crippen LogP contribution in [0.1, 0.15) is 11.3 Å². The van der Waals surface area contributed by atoms with Crippen molar-refractivity contribution >= 4 is 16.7 Å². The number of methoxy groups -OCH3 is 2. The highest BCUT2D eigenvalue weighted by Gasteiger charge is 2.16. The Balaban J connectivity index is 1.85. The number of pyridine rings is 1. The van der Waals surface area contributed by atoms with Crippen molar-refractivity contribution in [2.24, 2.45) is 7.05 Å². The molecule has 0 N–H and O–H groups in total. The third kappa shape index (κ3) is 3.45. The number of carbonyl (C=O) groups excluding carboxylic acids is 1. The van der Waals surface area contributed by atoms with E-state index in [1.54, 1.807) is 54.3 Å². The quantitative estimate of drug-likeness (QED) is 0.647. The van der Waals surface area contributed by atoms with E-state index >= 15 is 0 Å². The van der Waals surface area contributed by atoms with Gasteiger partial charge in [0.05, 0.1) is 25.8 Å². The molecule has 8 nitrogen and oxygen atoms in total. The first-order valence-corrected chi connectivity index (χ1v) is 8.83. The Labute approximate surface area is 162 Å². The van der Waals surface area contributed by atoms with Crippen LogP contribution in [0, 0.1) is 6.92 Å². The molecule has 3 rings (SSSR count). The topological polar surface area (TPSA) is 78.6 Å². The van der Waals surface area contributed by atoms with Gasteiger partial charge in [-0.15, -0.1) is 0 Å². The second-order valence-corrected chi connectivity index (χ2v) is 6.64. The van der Waals surface area contributed by atoms with Crippen molar-refractivity contribution in [2.75, 3.05) is 21.3 Å². The first-order chi connectivity index (χ1) is 13.4. The van der Waals surface area contributed by atoms with E-state index in [9.17, 15) is 9.59 Å². The number of fused-ring (bicyclic) bond motifs is 1. The Morgan fingerprint density at radius 1 is 1.18 bits per heavy atom. The van der Waals surface area contributed by atoms with Gasteiger partial charge in [0.2, 0.25) is 5.91 Å². The normalized spacial score (nSPS) is 10.9. The Morgan fingerprint density at radius 3 is 2.54 bits per heavy atom. The summed E-state index contributed by atoms with van der Waals surface area (Å²) in [5.41, 5.74) is 1.72. The molecule has 0 saturated heterocycles. The van der Waals surface area contributed by atoms with Crippen LogP contribution in [0.15, 0.2) is 35.4 Å². The summed E-state index contributed by atoms with van der Waals surface area (Å²) in [5.74, 6) is 0.889. The minimum absolute atomic E-state index is 0.0427. The van der Waals surface area contributed by atoms with Crippen molar-refractivity contribution in [3.63, 3.8) is 0 Å². The lowest BCUT2D eigenvalue weighted by Gasteiger charge is -2.18. The van der Waals surface area contributed by atoms with Crippen LogP contribution in [0.25, 0.3) is 10.8 Å². The third-order valence-electron chi connectivity index (χ3n) is 4.97. The van der Waals surface area contributed by atoms with Gasteiger partial charge in [0, 0.05) is 43.5 Å². The highest BCUT2D eigenvalue weighted by atomic mass is 16.5. The Hall–Kier alpha value is -3.29. The molecule has 0 aliphatic carbocycles. The van der Waals surface area contributed by atoms with Gasteiger partial charge in [-0.1, -0.05) is 0 Å². The SMILES string of the molecule is COc1ccc2c(=O)n(CC(=O)N(C)Cc3cnn(C)c3C)ccc2c1OC. The zero-order valence-electron chi connectivity index (χ0n) is 16.7. The van der Waals surface area contributed by atoms with Crippen LogP contribution in [0.2, 0.25) is 0 Å². The van der Waals surface area contributed by atoms with Crippen LogP contribution in [0.5, 0.6) is 11.5 Å². The number of amides is 1. The van der Waals surface area contributed by atoms with E-state index in [0.717, 1.165) is 11.3 Å². The van der Waals surface area contributed by atoms with Crippen LogP contribution >= 0.6 is 0 Å². The smallest absolute Gasteiger partial charge is 0.259 e. The summed E-state index contributed by atoms with van der Waals surface area (Å²) in [4.78, 5) is 27.1. The molecule has 0 saturated carbocycles. The largest absolute Gasteiger partial charge is 0.493 e. The average Bonchev–Trinajstić information content (AvgIpc) is 3.01. The van der Waals surface area contributed by atoms with Crippen molar-refractivity contribution in [1.29, 1.82) is 0 Å². The van der Waals surface area contributed by atoms with Crippen molar-refractivity contribution in [2.45, 2.75) is 20.0 Å². The molecule has 2 heterocycles. The monoisotopic (exact) mass is 384 g/mol. The number of ether oxygens (including phenoxy) is 2. The molecule has 0 radical (unpaired) electrons. The molecule has 0 unspecified atom stereocenters. The molecule has 0 fully saturated rings. The zero-order chi connectivity index (χ0) is 20.4. The fourth-order valence-corrected chi connectivity index (χ4v) is 3.12. The van der Waals surface area contributed by atoms with Crippen molar-refractivity contribution in [3.8, 4) is 11.5 Å². The number of likely N-dealkylation sites (N-methyl/N-ethyl adjacent to an activating group) is 1. The second kappa shape index (κ2) is 7.75. The fraction of sp³-hybridized carbons (Fsp3) is 0.350. The lowest BCUT2D eigenvalue weighted by molar-refractivity contribution is -0.131. The number of aryl methyl sites for hydroxylation is 1. The predicted molar refractivity (Wildman–Crippen MR) is 106 cm³/mol. The predicted octanol–water partition coefficient (Wildman–Crippen LogP) is 1.72. The summed E-state index contributed by atoms with van der Waals surface area (Å²) < 4.78 is 13.8. The number of hydrogen-bond acceptors (Lipinski definition) is 5. The van der Waals surface area contributed by atoms with Crippen molar-refractivity contribution < 1.29 is 14.3 Å². The minimum atomic E-state index is -0.252. The van der Waals surface area contributed by atoms with E-state index in [-0.39, 0.29) is 18.0 Å². The number of aromatic nitrogens is 3. The highest BCUT2D eigenvalue weighted by molar-refractivity contribution is 5.90. The first kappa shape index (κ1) is 19.5. The molecule has 0 aliphatic heterocycles. The van der Waals surface area contributed by atoms with Crippen molar-refractivity contribution in [3.05, 3.63) is 52.2 Å². The van der Waals surface area contributed by atoms with E-state index in [1.165, 1.54) is 11.7 Å². The maximum Gasteiger partial charge on any atom is 0.259 e. The zero-order valence-corrected chi connectivity index (χ0v) is 16.7. The Morgan fingerprint density at radius 2 is 1.93 bits per heavy atom. The van der Waals surface area contributed by atoms with E-state index < -0.39 is 0 Å². The van der Waals surface area contributed by atoms with Gasteiger partial charge in [-0.3, -0.25) is 14.3 Å². The van der Waals surface area contributed by atoms with E-state index in [2.05, 4.69) is 5.10 Å². The van der Waals surface area contributed by atoms with Crippen LogP contribution in [0.4, 0.5) is 0 Å². The molecule has 1 aromatic carbocycles. The molecular weight excluding hydrogens is 360 g/mol. The molecule has 2 aromatic heterocycles. The summed E-state index contributed by atoms with van der Waals surface area (Å²) >= 11 is 0. The van der Waals surface area contributed by atoms with Gasteiger partial charge >= 0.3 is 0 Å². The maximum absolute atomic E-state index is 12.9. The summed E-state index contributed by atoms with van der Waals surface area (Å²) in [5, 5.41) is 5.31. The molecule has 0 bridgehead atoms. The van der Waals surface area contributed by atoms with E-state index in [1.807, 2.05) is 14.0 Å². The number of hydrogen-bond donors (Lipinski definition) is 0. The molecule has 148 valence electrons. The van der Waals surface area contributed by atoms with Gasteiger partial charge in [0.15, 0.2) is 11.5 Å². The van der Waals surface area contributed by atoms with Crippen LogP contribution in [-0.4, -0.2) is 46.4 Å². The van der Waals surface area contributed by atoms with Gasteiger partial charge < -0.3 is 18.9 Å². The molecule has 1 amide bonds. The third-order valence-corrected chi connectivity index (χ3v) is 4.97. The van der Waals surface area contributed by atoms with Crippen LogP contribution in [0.3, 0.4) is 0 Å². The standard InChI is InChI=1S/C20H24N4O4/c1-13-14(10-21-23(13)3)11-22(2)18(25)12-24-9-8-15-16(20(24)26)6-7-17(27-4)19(15)28-5/h6-10H,11-12H2,1-5H3. The van der Waals surface area contributed by atoms with E-state index in [0.29, 0.717) is 28.8 Å². The molecule has 3 aromatic rings. The van der Waals surface area contributed by atoms with Gasteiger partial charge in [-0.2, -0.15) is 5.10 Å².